The van der Waals surface area contributed by atoms with Crippen LogP contribution in [0.4, 0.5) is 14.5 Å². The lowest BCUT2D eigenvalue weighted by Gasteiger charge is -2.13. The van der Waals surface area contributed by atoms with Gasteiger partial charge >= 0.3 is 5.97 Å². The zero-order chi connectivity index (χ0) is 18.7. The molecule has 0 bridgehead atoms. The van der Waals surface area contributed by atoms with Gasteiger partial charge in [-0.15, -0.1) is 22.7 Å². The third-order valence-electron chi connectivity index (χ3n) is 3.29. The Labute approximate surface area is 155 Å². The summed E-state index contributed by atoms with van der Waals surface area (Å²) in [6, 6.07) is 6.50. The van der Waals surface area contributed by atoms with Crippen LogP contribution in [0.1, 0.15) is 17.4 Å². The first-order valence-electron chi connectivity index (χ1n) is 7.40. The van der Waals surface area contributed by atoms with E-state index in [0.29, 0.717) is 11.1 Å². The van der Waals surface area contributed by atoms with E-state index < -0.39 is 29.6 Å². The molecule has 0 aliphatic carbocycles. The summed E-state index contributed by atoms with van der Waals surface area (Å²) in [7, 11) is 0. The number of rotatable bonds is 5. The van der Waals surface area contributed by atoms with Crippen LogP contribution in [-0.4, -0.2) is 23.0 Å². The number of thiophene rings is 1. The largest absolute Gasteiger partial charge is 0.448 e. The number of hydrogen-bond acceptors (Lipinski definition) is 6. The Kier molecular flexibility index (Phi) is 5.38. The predicted molar refractivity (Wildman–Crippen MR) is 95.3 cm³/mol. The first-order chi connectivity index (χ1) is 12.4. The molecule has 2 heterocycles. The Morgan fingerprint density at radius 2 is 2.04 bits per heavy atom. The zero-order valence-electron chi connectivity index (χ0n) is 13.4. The Morgan fingerprint density at radius 3 is 2.73 bits per heavy atom. The molecular formula is C17H12F2N2O3S2. The SMILES string of the molecule is C[C@H](OC(=O)c1csc(-c2cccs2)n1)C(=O)Nc1ccc(F)cc1F. The predicted octanol–water partition coefficient (Wildman–Crippen LogP) is 4.33. The quantitative estimate of drug-likeness (QED) is 0.654. The lowest BCUT2D eigenvalue weighted by molar-refractivity contribution is -0.123. The molecule has 1 N–H and O–H groups in total. The van der Waals surface area contributed by atoms with Crippen molar-refractivity contribution in [3.8, 4) is 9.88 Å². The van der Waals surface area contributed by atoms with Crippen molar-refractivity contribution >= 4 is 40.2 Å². The van der Waals surface area contributed by atoms with Crippen LogP contribution in [0.2, 0.25) is 0 Å². The Morgan fingerprint density at radius 1 is 1.23 bits per heavy atom. The topological polar surface area (TPSA) is 68.3 Å². The fourth-order valence-corrected chi connectivity index (χ4v) is 3.58. The van der Waals surface area contributed by atoms with E-state index in [-0.39, 0.29) is 11.4 Å². The normalized spacial score (nSPS) is 11.8. The van der Waals surface area contributed by atoms with Crippen LogP contribution in [0.15, 0.2) is 41.1 Å². The molecule has 0 aliphatic heterocycles. The molecule has 2 aromatic heterocycles. The van der Waals surface area contributed by atoms with Gasteiger partial charge in [0.2, 0.25) is 0 Å². The van der Waals surface area contributed by atoms with Crippen LogP contribution in [-0.2, 0) is 9.53 Å². The molecule has 1 amide bonds. The second kappa shape index (κ2) is 7.71. The van der Waals surface area contributed by atoms with Crippen molar-refractivity contribution in [2.75, 3.05) is 5.32 Å². The highest BCUT2D eigenvalue weighted by Gasteiger charge is 2.22. The van der Waals surface area contributed by atoms with E-state index >= 15 is 0 Å². The van der Waals surface area contributed by atoms with Gasteiger partial charge in [-0.2, -0.15) is 0 Å². The summed E-state index contributed by atoms with van der Waals surface area (Å²) < 4.78 is 31.5. The summed E-state index contributed by atoms with van der Waals surface area (Å²) in [5.41, 5.74) is -0.112. The fourth-order valence-electron chi connectivity index (χ4n) is 1.98. The summed E-state index contributed by atoms with van der Waals surface area (Å²) in [4.78, 5) is 29.3. The number of hydrogen-bond donors (Lipinski definition) is 1. The highest BCUT2D eigenvalue weighted by atomic mass is 32.1. The van der Waals surface area contributed by atoms with E-state index in [2.05, 4.69) is 10.3 Å². The minimum Gasteiger partial charge on any atom is -0.448 e. The Hall–Kier alpha value is -2.65. The first-order valence-corrected chi connectivity index (χ1v) is 9.16. The number of esters is 1. The second-order valence-electron chi connectivity index (χ2n) is 5.18. The minimum atomic E-state index is -1.18. The number of ether oxygens (including phenoxy) is 1. The van der Waals surface area contributed by atoms with Crippen molar-refractivity contribution in [1.29, 1.82) is 0 Å². The number of anilines is 1. The number of halogens is 2. The van der Waals surface area contributed by atoms with Crippen molar-refractivity contribution in [2.45, 2.75) is 13.0 Å². The molecule has 3 rings (SSSR count). The van der Waals surface area contributed by atoms with Gasteiger partial charge < -0.3 is 10.1 Å². The summed E-state index contributed by atoms with van der Waals surface area (Å²) >= 11 is 2.78. The molecule has 0 saturated carbocycles. The van der Waals surface area contributed by atoms with Gasteiger partial charge in [0.15, 0.2) is 11.8 Å². The second-order valence-corrected chi connectivity index (χ2v) is 6.98. The van der Waals surface area contributed by atoms with Crippen molar-refractivity contribution < 1.29 is 23.1 Å². The number of thiazole rings is 1. The van der Waals surface area contributed by atoms with Crippen LogP contribution in [0.3, 0.4) is 0 Å². The van der Waals surface area contributed by atoms with Gasteiger partial charge in [-0.05, 0) is 30.5 Å². The lowest BCUT2D eigenvalue weighted by atomic mass is 10.2. The number of aromatic nitrogens is 1. The Bertz CT molecular complexity index is 941. The van der Waals surface area contributed by atoms with Gasteiger partial charge in [-0.25, -0.2) is 18.6 Å². The van der Waals surface area contributed by atoms with E-state index in [0.717, 1.165) is 17.0 Å². The molecule has 0 radical (unpaired) electrons. The number of carbonyl (C=O) groups excluding carboxylic acids is 2. The molecule has 0 spiro atoms. The number of carbonyl (C=O) groups is 2. The zero-order valence-corrected chi connectivity index (χ0v) is 15.0. The number of nitrogens with zero attached hydrogens (tertiary/aromatic N) is 1. The van der Waals surface area contributed by atoms with E-state index in [1.54, 1.807) is 5.38 Å². The summed E-state index contributed by atoms with van der Waals surface area (Å²) in [6.45, 7) is 1.35. The number of benzene rings is 1. The molecule has 0 fully saturated rings. The van der Waals surface area contributed by atoms with Crippen molar-refractivity contribution in [1.82, 2.24) is 4.98 Å². The van der Waals surface area contributed by atoms with Gasteiger partial charge in [0.05, 0.1) is 10.6 Å². The smallest absolute Gasteiger partial charge is 0.358 e. The molecule has 0 aliphatic rings. The van der Waals surface area contributed by atoms with Crippen molar-refractivity contribution in [2.24, 2.45) is 0 Å². The molecular weight excluding hydrogens is 382 g/mol. The molecule has 134 valence electrons. The number of amides is 1. The van der Waals surface area contributed by atoms with E-state index in [1.165, 1.54) is 29.6 Å². The van der Waals surface area contributed by atoms with Gasteiger partial charge in [0, 0.05) is 11.4 Å². The molecule has 1 aromatic carbocycles. The number of nitrogens with one attached hydrogen (secondary N) is 1. The first kappa shape index (κ1) is 18.2. The molecule has 3 aromatic rings. The highest BCUT2D eigenvalue weighted by molar-refractivity contribution is 7.20. The van der Waals surface area contributed by atoms with Crippen molar-refractivity contribution in [3.05, 3.63) is 58.4 Å². The van der Waals surface area contributed by atoms with Crippen molar-refractivity contribution in [3.63, 3.8) is 0 Å². The minimum absolute atomic E-state index is 0.0889. The average molecular weight is 394 g/mol. The van der Waals surface area contributed by atoms with E-state index in [4.69, 9.17) is 4.74 Å². The maximum atomic E-state index is 13.6. The molecule has 1 atom stereocenters. The standard InChI is InChI=1S/C17H12F2N2O3S2/c1-9(15(22)20-12-5-4-10(18)7-11(12)19)24-17(23)13-8-26-16(21-13)14-3-2-6-25-14/h2-9H,1H3,(H,20,22)/t9-/m0/s1. The van der Waals surface area contributed by atoms with Crippen LogP contribution in [0.25, 0.3) is 9.88 Å². The summed E-state index contributed by atoms with van der Waals surface area (Å²) in [5, 5.41) is 6.37. The molecule has 5 nitrogen and oxygen atoms in total. The monoisotopic (exact) mass is 394 g/mol. The van der Waals surface area contributed by atoms with Gasteiger partial charge in [0.1, 0.15) is 16.6 Å². The summed E-state index contributed by atoms with van der Waals surface area (Å²) in [6.07, 6.45) is -1.18. The van der Waals surface area contributed by atoms with Gasteiger partial charge in [-0.1, -0.05) is 6.07 Å². The third-order valence-corrected chi connectivity index (χ3v) is 5.17. The van der Waals surface area contributed by atoms with E-state index in [1.807, 2.05) is 17.5 Å². The summed E-state index contributed by atoms with van der Waals surface area (Å²) in [5.74, 6) is -3.18. The highest BCUT2D eigenvalue weighted by Crippen LogP contribution is 2.28. The van der Waals surface area contributed by atoms with Crippen LogP contribution < -0.4 is 5.32 Å². The maximum absolute atomic E-state index is 13.6. The van der Waals surface area contributed by atoms with Gasteiger partial charge in [-0.3, -0.25) is 4.79 Å². The lowest BCUT2D eigenvalue weighted by Crippen LogP contribution is -2.30. The molecule has 0 saturated heterocycles. The maximum Gasteiger partial charge on any atom is 0.358 e. The van der Waals surface area contributed by atoms with Crippen LogP contribution in [0, 0.1) is 11.6 Å². The molecule has 26 heavy (non-hydrogen) atoms. The average Bonchev–Trinajstić information content (AvgIpc) is 3.28. The third kappa shape index (κ3) is 4.12. The molecule has 9 heteroatoms. The van der Waals surface area contributed by atoms with E-state index in [9.17, 15) is 18.4 Å². The van der Waals surface area contributed by atoms with Crippen LogP contribution >= 0.6 is 22.7 Å². The molecule has 0 unspecified atom stereocenters. The van der Waals surface area contributed by atoms with Gasteiger partial charge in [0.25, 0.3) is 5.91 Å². The fraction of sp³-hybridized carbons (Fsp3) is 0.118. The van der Waals surface area contributed by atoms with Crippen LogP contribution in [0.5, 0.6) is 0 Å². The Balaban J connectivity index is 1.62.